The largest absolute Gasteiger partial charge is 0.384 e. The molecule has 0 aromatic carbocycles. The number of thioether (sulfide) groups is 1. The summed E-state index contributed by atoms with van der Waals surface area (Å²) in [6, 6.07) is 3.44. The molecule has 4 nitrogen and oxygen atoms in total. The first-order chi connectivity index (χ1) is 9.50. The van der Waals surface area contributed by atoms with Gasteiger partial charge in [-0.3, -0.25) is 4.79 Å². The zero-order valence-corrected chi connectivity index (χ0v) is 13.6. The fourth-order valence-electron chi connectivity index (χ4n) is 2.13. The molecule has 1 rings (SSSR count). The maximum atomic E-state index is 12.3. The van der Waals surface area contributed by atoms with Gasteiger partial charge in [0.05, 0.1) is 0 Å². The van der Waals surface area contributed by atoms with Crippen LogP contribution in [-0.4, -0.2) is 28.4 Å². The molecule has 0 fully saturated rings. The van der Waals surface area contributed by atoms with Crippen LogP contribution in [0.25, 0.3) is 0 Å². The number of amides is 1. The van der Waals surface area contributed by atoms with E-state index in [0.717, 1.165) is 25.0 Å². The fraction of sp³-hybridized carbons (Fsp3) is 0.600. The molecule has 5 heteroatoms. The number of nitrogens with one attached hydrogen (secondary N) is 1. The highest BCUT2D eigenvalue weighted by Crippen LogP contribution is 2.29. The molecular formula is C15H25N3OS. The highest BCUT2D eigenvalue weighted by molar-refractivity contribution is 8.00. The van der Waals surface area contributed by atoms with E-state index in [2.05, 4.69) is 30.4 Å². The lowest BCUT2D eigenvalue weighted by Crippen LogP contribution is -2.39. The Hall–Kier alpha value is -1.23. The van der Waals surface area contributed by atoms with Crippen LogP contribution < -0.4 is 11.1 Å². The number of carbonyl (C=O) groups excluding carboxylic acids is 1. The van der Waals surface area contributed by atoms with Gasteiger partial charge in [-0.15, -0.1) is 0 Å². The van der Waals surface area contributed by atoms with E-state index in [-0.39, 0.29) is 10.7 Å². The summed E-state index contributed by atoms with van der Waals surface area (Å²) >= 11 is 1.81. The average molecular weight is 295 g/mol. The predicted molar refractivity (Wildman–Crippen MR) is 87.2 cm³/mol. The molecule has 0 aliphatic rings. The molecule has 1 amide bonds. The Bertz CT molecular complexity index is 450. The minimum Gasteiger partial charge on any atom is -0.384 e. The number of aromatic nitrogens is 1. The van der Waals surface area contributed by atoms with Gasteiger partial charge in [-0.1, -0.05) is 20.8 Å². The quantitative estimate of drug-likeness (QED) is 0.811. The van der Waals surface area contributed by atoms with Crippen LogP contribution in [0.2, 0.25) is 0 Å². The minimum atomic E-state index is -0.0749. The van der Waals surface area contributed by atoms with E-state index in [1.54, 1.807) is 6.07 Å². The van der Waals surface area contributed by atoms with Crippen molar-refractivity contribution in [3.05, 3.63) is 23.4 Å². The van der Waals surface area contributed by atoms with Crippen molar-refractivity contribution in [2.24, 2.45) is 0 Å². The molecule has 0 aliphatic heterocycles. The van der Waals surface area contributed by atoms with Crippen LogP contribution in [0.1, 0.15) is 49.7 Å². The van der Waals surface area contributed by atoms with Crippen LogP contribution in [-0.2, 0) is 6.42 Å². The van der Waals surface area contributed by atoms with Crippen molar-refractivity contribution >= 4 is 23.5 Å². The van der Waals surface area contributed by atoms with Gasteiger partial charge < -0.3 is 11.1 Å². The monoisotopic (exact) mass is 295 g/mol. The molecule has 0 unspecified atom stereocenters. The number of nitrogens with two attached hydrogens (primary N) is 1. The number of hydrogen-bond donors (Lipinski definition) is 2. The Morgan fingerprint density at radius 1 is 1.35 bits per heavy atom. The number of nitrogen functional groups attached to an aromatic ring is 1. The van der Waals surface area contributed by atoms with Crippen molar-refractivity contribution in [1.82, 2.24) is 10.3 Å². The first-order valence-electron chi connectivity index (χ1n) is 7.10. The summed E-state index contributed by atoms with van der Waals surface area (Å²) in [7, 11) is 0. The topological polar surface area (TPSA) is 68.0 Å². The number of anilines is 1. The summed E-state index contributed by atoms with van der Waals surface area (Å²) in [5.74, 6) is 0.325. The van der Waals surface area contributed by atoms with E-state index >= 15 is 0 Å². The van der Waals surface area contributed by atoms with Gasteiger partial charge in [0.15, 0.2) is 0 Å². The summed E-state index contributed by atoms with van der Waals surface area (Å²) < 4.78 is 0.113. The summed E-state index contributed by atoms with van der Waals surface area (Å²) in [4.78, 5) is 16.4. The first-order valence-corrected chi connectivity index (χ1v) is 8.32. The molecule has 1 aromatic rings. The first kappa shape index (κ1) is 16.8. The molecule has 0 atom stereocenters. The van der Waals surface area contributed by atoms with E-state index in [1.165, 1.54) is 0 Å². The maximum absolute atomic E-state index is 12.3. The molecule has 20 heavy (non-hydrogen) atoms. The summed E-state index contributed by atoms with van der Waals surface area (Å²) in [5, 5.41) is 3.03. The number of aryl methyl sites for hydroxylation is 1. The van der Waals surface area contributed by atoms with E-state index in [0.29, 0.717) is 17.9 Å². The van der Waals surface area contributed by atoms with E-state index in [1.807, 2.05) is 24.8 Å². The van der Waals surface area contributed by atoms with Crippen molar-refractivity contribution in [3.63, 3.8) is 0 Å². The second kappa shape index (κ2) is 7.53. The van der Waals surface area contributed by atoms with Gasteiger partial charge in [0.1, 0.15) is 5.82 Å². The Balaban J connectivity index is 2.79. The summed E-state index contributed by atoms with van der Waals surface area (Å²) in [6.45, 7) is 6.98. The number of rotatable bonds is 7. The molecule has 0 spiro atoms. The third-order valence-corrected chi connectivity index (χ3v) is 5.40. The Morgan fingerprint density at radius 2 is 2.00 bits per heavy atom. The van der Waals surface area contributed by atoms with Gasteiger partial charge in [-0.25, -0.2) is 4.98 Å². The van der Waals surface area contributed by atoms with Gasteiger partial charge in [0, 0.05) is 22.5 Å². The van der Waals surface area contributed by atoms with Gasteiger partial charge in [-0.2, -0.15) is 11.8 Å². The third-order valence-electron chi connectivity index (χ3n) is 3.82. The normalized spacial score (nSPS) is 11.4. The van der Waals surface area contributed by atoms with Crippen molar-refractivity contribution in [3.8, 4) is 0 Å². The van der Waals surface area contributed by atoms with E-state index in [9.17, 15) is 4.79 Å². The Labute approximate surface area is 125 Å². The lowest BCUT2D eigenvalue weighted by atomic mass is 10.0. The number of pyridine rings is 1. The standard InChI is InChI=1S/C15H25N3OS/c1-5-12-8-11(9-13(16)18-12)14(19)17-10-15(6-2,7-3)20-4/h8-9H,5-7,10H2,1-4H3,(H2,16,18)(H,17,19). The van der Waals surface area contributed by atoms with Crippen LogP contribution in [0.3, 0.4) is 0 Å². The van der Waals surface area contributed by atoms with Crippen molar-refractivity contribution in [2.75, 3.05) is 18.5 Å². The molecule has 0 radical (unpaired) electrons. The van der Waals surface area contributed by atoms with Gasteiger partial charge in [-0.05, 0) is 37.7 Å². The number of hydrogen-bond acceptors (Lipinski definition) is 4. The lowest BCUT2D eigenvalue weighted by molar-refractivity contribution is 0.0948. The zero-order chi connectivity index (χ0) is 15.2. The van der Waals surface area contributed by atoms with Crippen LogP contribution in [0, 0.1) is 0 Å². The summed E-state index contributed by atoms with van der Waals surface area (Å²) in [6.07, 6.45) is 4.93. The molecular weight excluding hydrogens is 270 g/mol. The smallest absolute Gasteiger partial charge is 0.251 e. The van der Waals surface area contributed by atoms with Crippen LogP contribution in [0.15, 0.2) is 12.1 Å². The summed E-state index contributed by atoms with van der Waals surface area (Å²) in [5.41, 5.74) is 7.18. The molecule has 1 aromatic heterocycles. The molecule has 0 bridgehead atoms. The van der Waals surface area contributed by atoms with E-state index < -0.39 is 0 Å². The van der Waals surface area contributed by atoms with Crippen molar-refractivity contribution in [1.29, 1.82) is 0 Å². The Morgan fingerprint density at radius 3 is 2.50 bits per heavy atom. The molecule has 0 aliphatic carbocycles. The highest BCUT2D eigenvalue weighted by Gasteiger charge is 2.25. The predicted octanol–water partition coefficient (Wildman–Crippen LogP) is 2.88. The van der Waals surface area contributed by atoms with Crippen molar-refractivity contribution < 1.29 is 4.79 Å². The molecule has 3 N–H and O–H groups in total. The highest BCUT2D eigenvalue weighted by atomic mass is 32.2. The SMILES string of the molecule is CCc1cc(C(=O)NCC(CC)(CC)SC)cc(N)n1. The zero-order valence-electron chi connectivity index (χ0n) is 12.8. The van der Waals surface area contributed by atoms with Gasteiger partial charge in [0.2, 0.25) is 0 Å². The second-order valence-corrected chi connectivity index (χ2v) is 6.18. The Kier molecular flexibility index (Phi) is 6.33. The van der Waals surface area contributed by atoms with Crippen LogP contribution >= 0.6 is 11.8 Å². The minimum absolute atomic E-state index is 0.0749. The number of nitrogens with zero attached hydrogens (tertiary/aromatic N) is 1. The second-order valence-electron chi connectivity index (χ2n) is 4.90. The molecule has 0 saturated heterocycles. The van der Waals surface area contributed by atoms with Crippen LogP contribution in [0.4, 0.5) is 5.82 Å². The van der Waals surface area contributed by atoms with Gasteiger partial charge >= 0.3 is 0 Å². The maximum Gasteiger partial charge on any atom is 0.251 e. The van der Waals surface area contributed by atoms with Gasteiger partial charge in [0.25, 0.3) is 5.91 Å². The molecule has 112 valence electrons. The van der Waals surface area contributed by atoms with Crippen LogP contribution in [0.5, 0.6) is 0 Å². The number of carbonyl (C=O) groups is 1. The molecule has 0 saturated carbocycles. The lowest BCUT2D eigenvalue weighted by Gasteiger charge is -2.29. The van der Waals surface area contributed by atoms with Crippen molar-refractivity contribution in [2.45, 2.75) is 44.8 Å². The van der Waals surface area contributed by atoms with E-state index in [4.69, 9.17) is 5.73 Å². The average Bonchev–Trinajstić information content (AvgIpc) is 2.48. The third kappa shape index (κ3) is 4.13. The fourth-order valence-corrected chi connectivity index (χ4v) is 2.92. The molecule has 1 heterocycles.